The molecule has 0 bridgehead atoms. The van der Waals surface area contributed by atoms with Crippen LogP contribution in [0.3, 0.4) is 0 Å². The van der Waals surface area contributed by atoms with E-state index in [-0.39, 0.29) is 17.6 Å². The number of fused-ring (bicyclic) bond motifs is 1. The first-order valence-electron chi connectivity index (χ1n) is 11.9. The highest BCUT2D eigenvalue weighted by molar-refractivity contribution is 7.99. The van der Waals surface area contributed by atoms with Gasteiger partial charge in [0.2, 0.25) is 5.91 Å². The molecule has 2 heterocycles. The number of carbonyl (C=O) groups excluding carboxylic acids is 2. The highest BCUT2D eigenvalue weighted by Gasteiger charge is 2.25. The monoisotopic (exact) mass is 497 g/mol. The van der Waals surface area contributed by atoms with Crippen molar-refractivity contribution in [2.75, 3.05) is 22.5 Å². The number of thioether (sulfide) groups is 1. The molecule has 0 saturated heterocycles. The van der Waals surface area contributed by atoms with Crippen LogP contribution in [-0.4, -0.2) is 38.9 Å². The molecule has 182 valence electrons. The topological polar surface area (TPSA) is 80.1 Å². The van der Waals surface area contributed by atoms with Crippen LogP contribution >= 0.6 is 11.8 Å². The molecule has 8 heteroatoms. The fourth-order valence-corrected chi connectivity index (χ4v) is 4.98. The van der Waals surface area contributed by atoms with Crippen molar-refractivity contribution in [2.24, 2.45) is 0 Å². The normalized spacial score (nSPS) is 12.6. The van der Waals surface area contributed by atoms with Gasteiger partial charge in [-0.25, -0.2) is 0 Å². The summed E-state index contributed by atoms with van der Waals surface area (Å²) < 4.78 is 1.87. The van der Waals surface area contributed by atoms with E-state index in [1.807, 2.05) is 39.8 Å². The number of benzene rings is 3. The standard InChI is InChI=1S/C28H27N5O2S/c1-19(2)20-9-13-24(14-10-20)33-18-29-31-28(33)36-17-26(34)30-23-11-7-22(8-12-23)27(35)32-16-15-21-5-3-4-6-25(21)32/h3-14,18-19H,15-17H2,1-2H3,(H,30,34). The molecule has 1 N–H and O–H groups in total. The largest absolute Gasteiger partial charge is 0.325 e. The van der Waals surface area contributed by atoms with E-state index in [2.05, 4.69) is 47.6 Å². The molecule has 0 aliphatic carbocycles. The molecule has 0 spiro atoms. The van der Waals surface area contributed by atoms with Crippen LogP contribution in [0.15, 0.2) is 84.3 Å². The Morgan fingerprint density at radius 2 is 1.75 bits per heavy atom. The molecule has 2 amide bonds. The van der Waals surface area contributed by atoms with Crippen LogP contribution in [-0.2, 0) is 11.2 Å². The maximum absolute atomic E-state index is 13.0. The van der Waals surface area contributed by atoms with E-state index in [1.54, 1.807) is 30.6 Å². The molecule has 0 unspecified atom stereocenters. The van der Waals surface area contributed by atoms with Gasteiger partial charge in [0.05, 0.1) is 5.75 Å². The molecule has 0 radical (unpaired) electrons. The molecule has 7 nitrogen and oxygen atoms in total. The van der Waals surface area contributed by atoms with E-state index >= 15 is 0 Å². The second kappa shape index (κ2) is 10.4. The molecular weight excluding hydrogens is 470 g/mol. The molecule has 0 saturated carbocycles. The fraction of sp³-hybridized carbons (Fsp3) is 0.214. The van der Waals surface area contributed by atoms with Crippen molar-refractivity contribution >= 4 is 35.0 Å². The van der Waals surface area contributed by atoms with E-state index in [1.165, 1.54) is 22.9 Å². The minimum atomic E-state index is -0.155. The van der Waals surface area contributed by atoms with Crippen molar-refractivity contribution in [1.29, 1.82) is 0 Å². The Hall–Kier alpha value is -3.91. The van der Waals surface area contributed by atoms with Gasteiger partial charge in [0.15, 0.2) is 5.16 Å². The molecule has 3 aromatic carbocycles. The Labute approximate surface area is 214 Å². The molecule has 1 aliphatic heterocycles. The van der Waals surface area contributed by atoms with Gasteiger partial charge in [-0.05, 0) is 65.9 Å². The van der Waals surface area contributed by atoms with Gasteiger partial charge in [0.1, 0.15) is 6.33 Å². The van der Waals surface area contributed by atoms with E-state index in [0.29, 0.717) is 28.9 Å². The zero-order valence-electron chi connectivity index (χ0n) is 20.2. The number of para-hydroxylation sites is 1. The van der Waals surface area contributed by atoms with Gasteiger partial charge < -0.3 is 10.2 Å². The van der Waals surface area contributed by atoms with Crippen molar-refractivity contribution < 1.29 is 9.59 Å². The Kier molecular flexibility index (Phi) is 6.86. The van der Waals surface area contributed by atoms with E-state index in [9.17, 15) is 9.59 Å². The van der Waals surface area contributed by atoms with Gasteiger partial charge in [-0.15, -0.1) is 10.2 Å². The van der Waals surface area contributed by atoms with Crippen LogP contribution in [0, 0.1) is 0 Å². The summed E-state index contributed by atoms with van der Waals surface area (Å²) in [5.74, 6) is 0.460. The number of hydrogen-bond acceptors (Lipinski definition) is 5. The third-order valence-corrected chi connectivity index (χ3v) is 7.18. The average molecular weight is 498 g/mol. The SMILES string of the molecule is CC(C)c1ccc(-n2cnnc2SCC(=O)Nc2ccc(C(=O)N3CCc4ccccc43)cc2)cc1. The number of nitrogens with one attached hydrogen (secondary N) is 1. The second-order valence-corrected chi connectivity index (χ2v) is 9.92. The van der Waals surface area contributed by atoms with Crippen LogP contribution in [0.2, 0.25) is 0 Å². The Bertz CT molecular complexity index is 1380. The summed E-state index contributed by atoms with van der Waals surface area (Å²) in [6.07, 6.45) is 2.52. The zero-order valence-corrected chi connectivity index (χ0v) is 21.0. The Balaban J connectivity index is 1.18. The lowest BCUT2D eigenvalue weighted by Gasteiger charge is -2.17. The predicted octanol–water partition coefficient (Wildman–Crippen LogP) is 5.32. The van der Waals surface area contributed by atoms with Gasteiger partial charge in [0, 0.05) is 29.2 Å². The first-order valence-corrected chi connectivity index (χ1v) is 12.9. The molecule has 0 atom stereocenters. The third-order valence-electron chi connectivity index (χ3n) is 6.23. The van der Waals surface area contributed by atoms with Crippen molar-refractivity contribution in [1.82, 2.24) is 14.8 Å². The Morgan fingerprint density at radius 3 is 2.50 bits per heavy atom. The number of nitrogens with zero attached hydrogens (tertiary/aromatic N) is 4. The molecule has 0 fully saturated rings. The number of amides is 2. The molecule has 5 rings (SSSR count). The van der Waals surface area contributed by atoms with Crippen molar-refractivity contribution in [3.63, 3.8) is 0 Å². The van der Waals surface area contributed by atoms with Crippen molar-refractivity contribution in [3.8, 4) is 5.69 Å². The first-order chi connectivity index (χ1) is 17.5. The smallest absolute Gasteiger partial charge is 0.258 e. The number of carbonyl (C=O) groups is 2. The van der Waals surface area contributed by atoms with Gasteiger partial charge in [-0.1, -0.05) is 55.9 Å². The molecule has 4 aromatic rings. The zero-order chi connectivity index (χ0) is 25.1. The number of rotatable bonds is 7. The van der Waals surface area contributed by atoms with Crippen LogP contribution in [0.5, 0.6) is 0 Å². The number of hydrogen-bond donors (Lipinski definition) is 1. The minimum Gasteiger partial charge on any atom is -0.325 e. The van der Waals surface area contributed by atoms with Gasteiger partial charge in [0.25, 0.3) is 5.91 Å². The molecule has 1 aliphatic rings. The van der Waals surface area contributed by atoms with Gasteiger partial charge in [-0.3, -0.25) is 14.2 Å². The van der Waals surface area contributed by atoms with Gasteiger partial charge in [-0.2, -0.15) is 0 Å². The highest BCUT2D eigenvalue weighted by Crippen LogP contribution is 2.29. The van der Waals surface area contributed by atoms with E-state index in [0.717, 1.165) is 17.8 Å². The first kappa shape index (κ1) is 23.8. The summed E-state index contributed by atoms with van der Waals surface area (Å²) in [7, 11) is 0. The minimum absolute atomic E-state index is 0.0332. The lowest BCUT2D eigenvalue weighted by molar-refractivity contribution is -0.113. The molecule has 36 heavy (non-hydrogen) atoms. The third kappa shape index (κ3) is 5.04. The number of anilines is 2. The maximum Gasteiger partial charge on any atom is 0.258 e. The average Bonchev–Trinajstić information content (AvgIpc) is 3.55. The van der Waals surface area contributed by atoms with E-state index in [4.69, 9.17) is 0 Å². The summed E-state index contributed by atoms with van der Waals surface area (Å²) in [5, 5.41) is 11.7. The van der Waals surface area contributed by atoms with Gasteiger partial charge >= 0.3 is 0 Å². The number of aromatic nitrogens is 3. The summed E-state index contributed by atoms with van der Waals surface area (Å²) >= 11 is 1.32. The van der Waals surface area contributed by atoms with E-state index < -0.39 is 0 Å². The second-order valence-electron chi connectivity index (χ2n) is 8.98. The summed E-state index contributed by atoms with van der Waals surface area (Å²) in [5.41, 5.74) is 5.61. The lowest BCUT2D eigenvalue weighted by atomic mass is 10.0. The maximum atomic E-state index is 13.0. The summed E-state index contributed by atoms with van der Waals surface area (Å²) in [6.45, 7) is 5.00. The molecule has 1 aromatic heterocycles. The quantitative estimate of drug-likeness (QED) is 0.349. The summed E-state index contributed by atoms with van der Waals surface area (Å²) in [6, 6.07) is 23.3. The highest BCUT2D eigenvalue weighted by atomic mass is 32.2. The fourth-order valence-electron chi connectivity index (χ4n) is 4.25. The van der Waals surface area contributed by atoms with Crippen molar-refractivity contribution in [3.05, 3.63) is 95.8 Å². The van der Waals surface area contributed by atoms with Crippen LogP contribution < -0.4 is 10.2 Å². The summed E-state index contributed by atoms with van der Waals surface area (Å²) in [4.78, 5) is 27.4. The Morgan fingerprint density at radius 1 is 1.00 bits per heavy atom. The lowest BCUT2D eigenvalue weighted by Crippen LogP contribution is -2.28. The molecular formula is C28H27N5O2S. The predicted molar refractivity (Wildman–Crippen MR) is 143 cm³/mol. The van der Waals surface area contributed by atoms with Crippen LogP contribution in [0.1, 0.15) is 41.3 Å². The van der Waals surface area contributed by atoms with Crippen LogP contribution in [0.4, 0.5) is 11.4 Å². The van der Waals surface area contributed by atoms with Crippen LogP contribution in [0.25, 0.3) is 5.69 Å². The van der Waals surface area contributed by atoms with Crippen molar-refractivity contribution in [2.45, 2.75) is 31.3 Å².